The third-order valence-corrected chi connectivity index (χ3v) is 5.98. The van der Waals surface area contributed by atoms with Crippen molar-refractivity contribution in [3.05, 3.63) is 61.4 Å². The normalized spacial score (nSPS) is 12.3. The predicted octanol–water partition coefficient (Wildman–Crippen LogP) is 4.20. The van der Waals surface area contributed by atoms with Crippen molar-refractivity contribution in [1.82, 2.24) is 14.9 Å². The molecule has 8 heteroatoms. The van der Waals surface area contributed by atoms with Gasteiger partial charge in [-0.15, -0.1) is 11.3 Å². The third-order valence-electron chi connectivity index (χ3n) is 4.05. The molecule has 0 fully saturated rings. The highest BCUT2D eigenvalue weighted by Crippen LogP contribution is 2.25. The zero-order valence-corrected chi connectivity index (χ0v) is 16.6. The van der Waals surface area contributed by atoms with Crippen molar-refractivity contribution in [2.24, 2.45) is 0 Å². The van der Waals surface area contributed by atoms with E-state index in [-0.39, 0.29) is 24.1 Å². The van der Waals surface area contributed by atoms with E-state index in [1.807, 2.05) is 19.9 Å². The fraction of sp³-hybridized carbons (Fsp3) is 0.278. The van der Waals surface area contributed by atoms with Gasteiger partial charge in [-0.2, -0.15) is 0 Å². The van der Waals surface area contributed by atoms with Gasteiger partial charge in [0.05, 0.1) is 27.8 Å². The van der Waals surface area contributed by atoms with E-state index in [9.17, 15) is 9.59 Å². The molecule has 1 aromatic carbocycles. The first kappa shape index (κ1) is 18.9. The van der Waals surface area contributed by atoms with E-state index in [0.29, 0.717) is 20.3 Å². The Labute approximate surface area is 164 Å². The van der Waals surface area contributed by atoms with Gasteiger partial charge in [0.25, 0.3) is 5.56 Å². The molecule has 0 saturated carbocycles. The zero-order chi connectivity index (χ0) is 18.8. The average molecular weight is 410 g/mol. The van der Waals surface area contributed by atoms with Gasteiger partial charge in [0.15, 0.2) is 0 Å². The first-order valence-electron chi connectivity index (χ1n) is 8.11. The van der Waals surface area contributed by atoms with E-state index in [0.717, 1.165) is 16.9 Å². The van der Waals surface area contributed by atoms with Crippen LogP contribution in [0.5, 0.6) is 0 Å². The summed E-state index contributed by atoms with van der Waals surface area (Å²) in [5, 5.41) is 4.30. The van der Waals surface area contributed by atoms with Crippen LogP contribution in [0.2, 0.25) is 10.0 Å². The minimum atomic E-state index is -0.280. The standard InChI is InChI=1S/C18H17Cl2N3O2S/c1-3-12-7-13-17(26-12)21-9-23(18(13)25)8-16(24)22-10(2)11-4-5-14(19)15(20)6-11/h4-7,9-10H,3,8H2,1-2H3,(H,22,24). The lowest BCUT2D eigenvalue weighted by atomic mass is 10.1. The largest absolute Gasteiger partial charge is 0.348 e. The minimum Gasteiger partial charge on any atom is -0.348 e. The molecule has 26 heavy (non-hydrogen) atoms. The number of nitrogens with one attached hydrogen (secondary N) is 1. The molecule has 2 aromatic heterocycles. The van der Waals surface area contributed by atoms with E-state index in [2.05, 4.69) is 10.3 Å². The highest BCUT2D eigenvalue weighted by Gasteiger charge is 2.14. The fourth-order valence-corrected chi connectivity index (χ4v) is 3.84. The second-order valence-corrected chi connectivity index (χ2v) is 7.86. The van der Waals surface area contributed by atoms with Crippen LogP contribution < -0.4 is 10.9 Å². The van der Waals surface area contributed by atoms with Crippen molar-refractivity contribution < 1.29 is 4.79 Å². The number of nitrogens with zero attached hydrogens (tertiary/aromatic N) is 2. The summed E-state index contributed by atoms with van der Waals surface area (Å²) in [6.45, 7) is 3.78. The van der Waals surface area contributed by atoms with Crippen molar-refractivity contribution in [3.8, 4) is 0 Å². The summed E-state index contributed by atoms with van der Waals surface area (Å²) in [7, 11) is 0. The van der Waals surface area contributed by atoms with Gasteiger partial charge in [-0.05, 0) is 37.1 Å². The maximum atomic E-state index is 12.5. The highest BCUT2D eigenvalue weighted by atomic mass is 35.5. The number of fused-ring (bicyclic) bond motifs is 1. The molecule has 0 aliphatic carbocycles. The van der Waals surface area contributed by atoms with E-state index in [1.54, 1.807) is 18.2 Å². The lowest BCUT2D eigenvalue weighted by Gasteiger charge is -2.15. The topological polar surface area (TPSA) is 64.0 Å². The summed E-state index contributed by atoms with van der Waals surface area (Å²) in [5.74, 6) is -0.280. The molecule has 0 aliphatic rings. The van der Waals surface area contributed by atoms with Crippen molar-refractivity contribution >= 4 is 50.7 Å². The van der Waals surface area contributed by atoms with Crippen LogP contribution in [-0.4, -0.2) is 15.5 Å². The molecule has 1 atom stereocenters. The molecule has 0 saturated heterocycles. The van der Waals surface area contributed by atoms with Crippen LogP contribution in [0.25, 0.3) is 10.2 Å². The number of hydrogen-bond donors (Lipinski definition) is 1. The molecule has 3 aromatic rings. The smallest absolute Gasteiger partial charge is 0.262 e. The molecule has 5 nitrogen and oxygen atoms in total. The molecule has 1 amide bonds. The Morgan fingerprint density at radius 2 is 2.08 bits per heavy atom. The maximum Gasteiger partial charge on any atom is 0.262 e. The number of carbonyl (C=O) groups is 1. The molecule has 3 rings (SSSR count). The SMILES string of the molecule is CCc1cc2c(=O)n(CC(=O)NC(C)c3ccc(Cl)c(Cl)c3)cnc2s1. The Balaban J connectivity index is 1.75. The molecular formula is C18H17Cl2N3O2S. The number of aromatic nitrogens is 2. The van der Waals surface area contributed by atoms with Crippen LogP contribution in [0.4, 0.5) is 0 Å². The minimum absolute atomic E-state index is 0.0925. The van der Waals surface area contributed by atoms with Gasteiger partial charge >= 0.3 is 0 Å². The Hall–Kier alpha value is -1.89. The van der Waals surface area contributed by atoms with Crippen LogP contribution in [0.1, 0.15) is 30.3 Å². The van der Waals surface area contributed by atoms with E-state index in [4.69, 9.17) is 23.2 Å². The van der Waals surface area contributed by atoms with Crippen molar-refractivity contribution in [2.45, 2.75) is 32.9 Å². The fourth-order valence-electron chi connectivity index (χ4n) is 2.60. The lowest BCUT2D eigenvalue weighted by molar-refractivity contribution is -0.122. The lowest BCUT2D eigenvalue weighted by Crippen LogP contribution is -2.33. The highest BCUT2D eigenvalue weighted by molar-refractivity contribution is 7.18. The van der Waals surface area contributed by atoms with Gasteiger partial charge in [0, 0.05) is 4.88 Å². The number of benzene rings is 1. The van der Waals surface area contributed by atoms with Gasteiger partial charge in [-0.1, -0.05) is 36.2 Å². The molecule has 1 unspecified atom stereocenters. The number of halogens is 2. The summed E-state index contributed by atoms with van der Waals surface area (Å²) in [6, 6.07) is 6.79. The van der Waals surface area contributed by atoms with E-state index >= 15 is 0 Å². The average Bonchev–Trinajstić information content (AvgIpc) is 3.04. The Kier molecular flexibility index (Phi) is 5.65. The van der Waals surface area contributed by atoms with Crippen LogP contribution >= 0.6 is 34.5 Å². The van der Waals surface area contributed by atoms with Crippen molar-refractivity contribution in [2.75, 3.05) is 0 Å². The van der Waals surface area contributed by atoms with Crippen LogP contribution in [0.15, 0.2) is 35.4 Å². The Morgan fingerprint density at radius 3 is 2.77 bits per heavy atom. The molecular weight excluding hydrogens is 393 g/mol. The monoisotopic (exact) mass is 409 g/mol. The Bertz CT molecular complexity index is 1030. The van der Waals surface area contributed by atoms with Crippen LogP contribution in [-0.2, 0) is 17.8 Å². The third kappa shape index (κ3) is 3.92. The van der Waals surface area contributed by atoms with Crippen molar-refractivity contribution in [3.63, 3.8) is 0 Å². The summed E-state index contributed by atoms with van der Waals surface area (Å²) in [6.07, 6.45) is 2.27. The number of rotatable bonds is 5. The summed E-state index contributed by atoms with van der Waals surface area (Å²) < 4.78 is 1.32. The van der Waals surface area contributed by atoms with Gasteiger partial charge in [0.2, 0.25) is 5.91 Å². The summed E-state index contributed by atoms with van der Waals surface area (Å²) in [4.78, 5) is 31.0. The molecule has 1 N–H and O–H groups in total. The summed E-state index contributed by atoms with van der Waals surface area (Å²) in [5.41, 5.74) is 0.627. The quantitative estimate of drug-likeness (QED) is 0.686. The second kappa shape index (κ2) is 7.78. The van der Waals surface area contributed by atoms with Gasteiger partial charge in [0.1, 0.15) is 11.4 Å². The number of hydrogen-bond acceptors (Lipinski definition) is 4. The molecule has 0 radical (unpaired) electrons. The van der Waals surface area contributed by atoms with E-state index < -0.39 is 0 Å². The zero-order valence-electron chi connectivity index (χ0n) is 14.3. The second-order valence-electron chi connectivity index (χ2n) is 5.93. The Morgan fingerprint density at radius 1 is 1.31 bits per heavy atom. The molecule has 136 valence electrons. The molecule has 2 heterocycles. The molecule has 0 spiro atoms. The number of thiophene rings is 1. The summed E-state index contributed by atoms with van der Waals surface area (Å²) >= 11 is 13.4. The molecule has 0 bridgehead atoms. The van der Waals surface area contributed by atoms with Crippen LogP contribution in [0, 0.1) is 0 Å². The number of amides is 1. The first-order valence-corrected chi connectivity index (χ1v) is 9.68. The number of carbonyl (C=O) groups excluding carboxylic acids is 1. The number of aryl methyl sites for hydroxylation is 1. The predicted molar refractivity (Wildman–Crippen MR) is 106 cm³/mol. The van der Waals surface area contributed by atoms with E-state index in [1.165, 1.54) is 22.2 Å². The molecule has 0 aliphatic heterocycles. The van der Waals surface area contributed by atoms with Crippen LogP contribution in [0.3, 0.4) is 0 Å². The van der Waals surface area contributed by atoms with Gasteiger partial charge in [-0.25, -0.2) is 4.98 Å². The van der Waals surface area contributed by atoms with Gasteiger partial charge in [-0.3, -0.25) is 14.2 Å². The van der Waals surface area contributed by atoms with Crippen molar-refractivity contribution in [1.29, 1.82) is 0 Å². The first-order chi connectivity index (χ1) is 12.4. The maximum absolute atomic E-state index is 12.5. The van der Waals surface area contributed by atoms with Gasteiger partial charge < -0.3 is 5.32 Å².